The summed E-state index contributed by atoms with van der Waals surface area (Å²) < 4.78 is 18.3. The third-order valence-electron chi connectivity index (χ3n) is 2.91. The van der Waals surface area contributed by atoms with Crippen molar-refractivity contribution in [3.05, 3.63) is 24.3 Å². The van der Waals surface area contributed by atoms with Crippen molar-refractivity contribution in [3.8, 4) is 5.75 Å². The molecule has 0 N–H and O–H groups in total. The summed E-state index contributed by atoms with van der Waals surface area (Å²) >= 11 is 0. The third kappa shape index (κ3) is 3.18. The Labute approximate surface area is 89.5 Å². The average Bonchev–Trinajstić information content (AvgIpc) is 2.28. The normalized spacial score (nSPS) is 17.7. The van der Waals surface area contributed by atoms with Crippen LogP contribution < -0.4 is 4.74 Å². The Morgan fingerprint density at radius 1 is 1.33 bits per heavy atom. The summed E-state index contributed by atoms with van der Waals surface area (Å²) in [6.45, 7) is 0.712. The van der Waals surface area contributed by atoms with Crippen LogP contribution >= 0.6 is 0 Å². The van der Waals surface area contributed by atoms with E-state index in [2.05, 4.69) is 4.98 Å². The fourth-order valence-electron chi connectivity index (χ4n) is 2.04. The van der Waals surface area contributed by atoms with Gasteiger partial charge in [-0.05, 0) is 24.8 Å². The summed E-state index contributed by atoms with van der Waals surface area (Å²) in [6.07, 6.45) is 7.88. The Hall–Kier alpha value is -1.12. The summed E-state index contributed by atoms with van der Waals surface area (Å²) in [7, 11) is 0. The van der Waals surface area contributed by atoms with Crippen LogP contribution in [-0.4, -0.2) is 11.6 Å². The van der Waals surface area contributed by atoms with Crippen LogP contribution in [0.3, 0.4) is 0 Å². The number of halogens is 1. The first-order valence-corrected chi connectivity index (χ1v) is 5.59. The second kappa shape index (κ2) is 5.10. The summed E-state index contributed by atoms with van der Waals surface area (Å²) in [6, 6.07) is 3.04. The van der Waals surface area contributed by atoms with Crippen LogP contribution in [0.4, 0.5) is 4.39 Å². The minimum Gasteiger partial charge on any atom is -0.493 e. The number of rotatable bonds is 3. The molecule has 1 aromatic heterocycles. The lowest BCUT2D eigenvalue weighted by Crippen LogP contribution is -2.15. The van der Waals surface area contributed by atoms with E-state index >= 15 is 0 Å². The van der Waals surface area contributed by atoms with E-state index < -0.39 is 5.95 Å². The molecular weight excluding hydrogens is 193 g/mol. The maximum Gasteiger partial charge on any atom is 0.216 e. The summed E-state index contributed by atoms with van der Waals surface area (Å²) in [5, 5.41) is 0. The largest absolute Gasteiger partial charge is 0.493 e. The molecule has 1 aliphatic carbocycles. The van der Waals surface area contributed by atoms with Gasteiger partial charge in [-0.1, -0.05) is 19.3 Å². The summed E-state index contributed by atoms with van der Waals surface area (Å²) in [4.78, 5) is 3.49. The van der Waals surface area contributed by atoms with Crippen molar-refractivity contribution < 1.29 is 9.13 Å². The predicted octanol–water partition coefficient (Wildman–Crippen LogP) is 3.18. The van der Waals surface area contributed by atoms with Crippen molar-refractivity contribution in [1.29, 1.82) is 0 Å². The third-order valence-corrected chi connectivity index (χ3v) is 2.91. The first-order valence-electron chi connectivity index (χ1n) is 5.59. The number of pyridine rings is 1. The van der Waals surface area contributed by atoms with Crippen molar-refractivity contribution in [3.63, 3.8) is 0 Å². The van der Waals surface area contributed by atoms with Crippen molar-refractivity contribution >= 4 is 0 Å². The molecule has 0 unspecified atom stereocenters. The highest BCUT2D eigenvalue weighted by atomic mass is 19.1. The maximum atomic E-state index is 12.7. The highest BCUT2D eigenvalue weighted by Crippen LogP contribution is 2.24. The SMILES string of the molecule is Fc1cc(OCC2CCCCC2)ccn1. The Kier molecular flexibility index (Phi) is 3.54. The second-order valence-electron chi connectivity index (χ2n) is 4.13. The van der Waals surface area contributed by atoms with Gasteiger partial charge in [-0.2, -0.15) is 4.39 Å². The molecule has 3 heteroatoms. The highest BCUT2D eigenvalue weighted by molar-refractivity contribution is 5.17. The molecule has 1 fully saturated rings. The Bertz CT molecular complexity index is 310. The lowest BCUT2D eigenvalue weighted by atomic mass is 9.90. The van der Waals surface area contributed by atoms with E-state index in [1.807, 2.05) is 0 Å². The quantitative estimate of drug-likeness (QED) is 0.713. The molecule has 1 heterocycles. The zero-order valence-electron chi connectivity index (χ0n) is 8.79. The topological polar surface area (TPSA) is 22.1 Å². The van der Waals surface area contributed by atoms with Gasteiger partial charge in [0.05, 0.1) is 6.61 Å². The molecule has 0 bridgehead atoms. The number of hydrogen-bond donors (Lipinski definition) is 0. The Balaban J connectivity index is 1.81. The van der Waals surface area contributed by atoms with E-state index in [1.54, 1.807) is 6.07 Å². The van der Waals surface area contributed by atoms with Gasteiger partial charge in [-0.15, -0.1) is 0 Å². The van der Waals surface area contributed by atoms with E-state index in [0.29, 0.717) is 18.3 Å². The second-order valence-corrected chi connectivity index (χ2v) is 4.13. The van der Waals surface area contributed by atoms with Gasteiger partial charge < -0.3 is 4.74 Å². The molecule has 0 spiro atoms. The monoisotopic (exact) mass is 209 g/mol. The lowest BCUT2D eigenvalue weighted by molar-refractivity contribution is 0.208. The Morgan fingerprint density at radius 2 is 2.13 bits per heavy atom. The average molecular weight is 209 g/mol. The van der Waals surface area contributed by atoms with Crippen LogP contribution in [0.2, 0.25) is 0 Å². The Morgan fingerprint density at radius 3 is 2.87 bits per heavy atom. The number of ether oxygens (including phenoxy) is 1. The van der Waals surface area contributed by atoms with Crippen LogP contribution in [-0.2, 0) is 0 Å². The van der Waals surface area contributed by atoms with Crippen LogP contribution in [0.15, 0.2) is 18.3 Å². The van der Waals surface area contributed by atoms with E-state index in [0.717, 1.165) is 0 Å². The maximum absolute atomic E-state index is 12.7. The van der Waals surface area contributed by atoms with Gasteiger partial charge in [-0.25, -0.2) is 4.98 Å². The minimum atomic E-state index is -0.476. The number of nitrogens with zero attached hydrogens (tertiary/aromatic N) is 1. The molecule has 1 aliphatic rings. The van der Waals surface area contributed by atoms with Crippen LogP contribution in [0.5, 0.6) is 5.75 Å². The number of hydrogen-bond acceptors (Lipinski definition) is 2. The van der Waals surface area contributed by atoms with Gasteiger partial charge in [0.25, 0.3) is 0 Å². The van der Waals surface area contributed by atoms with E-state index in [-0.39, 0.29) is 0 Å². The van der Waals surface area contributed by atoms with Crippen molar-refractivity contribution in [1.82, 2.24) is 4.98 Å². The molecular formula is C12H16FNO. The smallest absolute Gasteiger partial charge is 0.216 e. The molecule has 0 saturated heterocycles. The van der Waals surface area contributed by atoms with Gasteiger partial charge >= 0.3 is 0 Å². The molecule has 2 nitrogen and oxygen atoms in total. The van der Waals surface area contributed by atoms with Crippen molar-refractivity contribution in [2.45, 2.75) is 32.1 Å². The molecule has 1 saturated carbocycles. The molecule has 0 amide bonds. The number of aromatic nitrogens is 1. The highest BCUT2D eigenvalue weighted by Gasteiger charge is 2.13. The standard InChI is InChI=1S/C12H16FNO/c13-12-8-11(6-7-14-12)15-9-10-4-2-1-3-5-10/h6-8,10H,1-5,9H2. The zero-order chi connectivity index (χ0) is 10.5. The van der Waals surface area contributed by atoms with Crippen LogP contribution in [0.25, 0.3) is 0 Å². The fourth-order valence-corrected chi connectivity index (χ4v) is 2.04. The molecule has 0 aromatic carbocycles. The van der Waals surface area contributed by atoms with Crippen LogP contribution in [0, 0.1) is 11.9 Å². The molecule has 82 valence electrons. The van der Waals surface area contributed by atoms with Gasteiger partial charge in [0, 0.05) is 12.3 Å². The summed E-state index contributed by atoms with van der Waals surface area (Å²) in [5.74, 6) is 0.763. The van der Waals surface area contributed by atoms with E-state index in [9.17, 15) is 4.39 Å². The fraction of sp³-hybridized carbons (Fsp3) is 0.583. The van der Waals surface area contributed by atoms with E-state index in [1.165, 1.54) is 44.4 Å². The summed E-state index contributed by atoms with van der Waals surface area (Å²) in [5.41, 5.74) is 0. The van der Waals surface area contributed by atoms with Gasteiger partial charge in [0.2, 0.25) is 5.95 Å². The van der Waals surface area contributed by atoms with Gasteiger partial charge in [-0.3, -0.25) is 0 Å². The van der Waals surface area contributed by atoms with Crippen molar-refractivity contribution in [2.24, 2.45) is 5.92 Å². The molecule has 15 heavy (non-hydrogen) atoms. The lowest BCUT2D eigenvalue weighted by Gasteiger charge is -2.21. The van der Waals surface area contributed by atoms with E-state index in [4.69, 9.17) is 4.74 Å². The minimum absolute atomic E-state index is 0.476. The molecule has 0 aliphatic heterocycles. The molecule has 0 radical (unpaired) electrons. The first kappa shape index (κ1) is 10.4. The van der Waals surface area contributed by atoms with Gasteiger partial charge in [0.1, 0.15) is 5.75 Å². The van der Waals surface area contributed by atoms with Crippen molar-refractivity contribution in [2.75, 3.05) is 6.61 Å². The zero-order valence-corrected chi connectivity index (χ0v) is 8.79. The molecule has 2 rings (SSSR count). The first-order chi connectivity index (χ1) is 7.34. The van der Waals surface area contributed by atoms with Crippen LogP contribution in [0.1, 0.15) is 32.1 Å². The molecule has 1 aromatic rings. The van der Waals surface area contributed by atoms with Gasteiger partial charge in [0.15, 0.2) is 0 Å². The predicted molar refractivity (Wildman–Crippen MR) is 56.3 cm³/mol. The molecule has 0 atom stereocenters.